The van der Waals surface area contributed by atoms with Gasteiger partial charge in [0.2, 0.25) is 0 Å². The fraction of sp³-hybridized carbons (Fsp3) is 0.538. The van der Waals surface area contributed by atoms with Crippen LogP contribution in [0.15, 0.2) is 18.2 Å². The average Bonchev–Trinajstić information content (AvgIpc) is 2.91. The smallest absolute Gasteiger partial charge is 0.161 e. The van der Waals surface area contributed by atoms with Gasteiger partial charge in [0.25, 0.3) is 0 Å². The summed E-state index contributed by atoms with van der Waals surface area (Å²) in [6, 6.07) is 5.99. The molecule has 1 aromatic rings. The summed E-state index contributed by atoms with van der Waals surface area (Å²) in [5, 5.41) is 0. The molecule has 2 atom stereocenters. The molecule has 2 unspecified atom stereocenters. The minimum atomic E-state index is 0.0216. The van der Waals surface area contributed by atoms with Crippen molar-refractivity contribution < 1.29 is 14.2 Å². The molecule has 0 aromatic heterocycles. The summed E-state index contributed by atoms with van der Waals surface area (Å²) in [7, 11) is 0. The van der Waals surface area contributed by atoms with Crippen LogP contribution in [0, 0.1) is 5.92 Å². The molecule has 1 aromatic carbocycles. The van der Waals surface area contributed by atoms with E-state index in [4.69, 9.17) is 19.9 Å². The Kier molecular flexibility index (Phi) is 2.91. The highest BCUT2D eigenvalue weighted by atomic mass is 16.6. The van der Waals surface area contributed by atoms with Gasteiger partial charge in [0.15, 0.2) is 11.5 Å². The Morgan fingerprint density at radius 2 is 1.94 bits per heavy atom. The molecule has 2 N–H and O–H groups in total. The molecular formula is C13H17NO3. The van der Waals surface area contributed by atoms with Crippen molar-refractivity contribution >= 4 is 0 Å². The predicted octanol–water partition coefficient (Wildman–Crippen LogP) is 1.49. The Labute approximate surface area is 101 Å². The Hall–Kier alpha value is -1.26. The van der Waals surface area contributed by atoms with Crippen LogP contribution < -0.4 is 15.2 Å². The van der Waals surface area contributed by atoms with E-state index in [1.54, 1.807) is 0 Å². The molecule has 0 amide bonds. The van der Waals surface area contributed by atoms with Crippen LogP contribution in [-0.2, 0) is 4.74 Å². The van der Waals surface area contributed by atoms with E-state index < -0.39 is 0 Å². The summed E-state index contributed by atoms with van der Waals surface area (Å²) in [6.07, 6.45) is 1.04. The van der Waals surface area contributed by atoms with Crippen LogP contribution in [0.3, 0.4) is 0 Å². The molecule has 0 radical (unpaired) electrons. The van der Waals surface area contributed by atoms with Gasteiger partial charge in [0, 0.05) is 18.6 Å². The van der Waals surface area contributed by atoms with Crippen LogP contribution in [0.25, 0.3) is 0 Å². The summed E-state index contributed by atoms with van der Waals surface area (Å²) in [4.78, 5) is 0. The molecule has 0 aliphatic carbocycles. The first-order valence-corrected chi connectivity index (χ1v) is 6.07. The quantitative estimate of drug-likeness (QED) is 0.844. The van der Waals surface area contributed by atoms with Gasteiger partial charge in [-0.15, -0.1) is 0 Å². The highest BCUT2D eigenvalue weighted by molar-refractivity contribution is 5.44. The molecule has 1 saturated heterocycles. The summed E-state index contributed by atoms with van der Waals surface area (Å²) in [5.41, 5.74) is 7.36. The fourth-order valence-corrected chi connectivity index (χ4v) is 2.38. The first kappa shape index (κ1) is 10.9. The molecule has 0 bridgehead atoms. The first-order chi connectivity index (χ1) is 8.34. The van der Waals surface area contributed by atoms with Crippen molar-refractivity contribution in [2.75, 3.05) is 26.4 Å². The molecule has 2 aliphatic rings. The van der Waals surface area contributed by atoms with Gasteiger partial charge in [-0.05, 0) is 24.1 Å². The SMILES string of the molecule is NC(c1ccc2c(c1)OCCO2)C1CCOC1. The lowest BCUT2D eigenvalue weighted by Gasteiger charge is -2.22. The van der Waals surface area contributed by atoms with Gasteiger partial charge >= 0.3 is 0 Å². The Bertz CT molecular complexity index is 402. The number of rotatable bonds is 2. The number of hydrogen-bond donors (Lipinski definition) is 1. The van der Waals surface area contributed by atoms with E-state index in [1.165, 1.54) is 0 Å². The van der Waals surface area contributed by atoms with E-state index in [9.17, 15) is 0 Å². The number of hydrogen-bond acceptors (Lipinski definition) is 4. The number of nitrogens with two attached hydrogens (primary N) is 1. The van der Waals surface area contributed by atoms with Crippen LogP contribution >= 0.6 is 0 Å². The van der Waals surface area contributed by atoms with E-state index in [0.717, 1.165) is 36.7 Å². The molecule has 92 valence electrons. The summed E-state index contributed by atoms with van der Waals surface area (Å²) in [5.74, 6) is 2.04. The lowest BCUT2D eigenvalue weighted by atomic mass is 9.93. The molecule has 0 saturated carbocycles. The molecule has 1 fully saturated rings. The van der Waals surface area contributed by atoms with E-state index in [0.29, 0.717) is 19.1 Å². The molecule has 2 heterocycles. The maximum absolute atomic E-state index is 6.26. The van der Waals surface area contributed by atoms with E-state index in [-0.39, 0.29) is 6.04 Å². The average molecular weight is 235 g/mol. The van der Waals surface area contributed by atoms with Gasteiger partial charge in [0.1, 0.15) is 13.2 Å². The Morgan fingerprint density at radius 3 is 2.71 bits per heavy atom. The van der Waals surface area contributed by atoms with Gasteiger partial charge in [0.05, 0.1) is 6.61 Å². The van der Waals surface area contributed by atoms with Gasteiger partial charge in [-0.2, -0.15) is 0 Å². The van der Waals surface area contributed by atoms with Gasteiger partial charge < -0.3 is 19.9 Å². The lowest BCUT2D eigenvalue weighted by Crippen LogP contribution is -2.22. The van der Waals surface area contributed by atoms with Crippen molar-refractivity contribution in [3.8, 4) is 11.5 Å². The number of benzene rings is 1. The van der Waals surface area contributed by atoms with Gasteiger partial charge in [-0.25, -0.2) is 0 Å². The van der Waals surface area contributed by atoms with Crippen molar-refractivity contribution in [3.05, 3.63) is 23.8 Å². The normalized spacial score (nSPS) is 24.6. The minimum Gasteiger partial charge on any atom is -0.486 e. The zero-order chi connectivity index (χ0) is 11.7. The minimum absolute atomic E-state index is 0.0216. The van der Waals surface area contributed by atoms with Gasteiger partial charge in [-0.3, -0.25) is 0 Å². The van der Waals surface area contributed by atoms with Crippen molar-refractivity contribution in [1.29, 1.82) is 0 Å². The monoisotopic (exact) mass is 235 g/mol. The zero-order valence-electron chi connectivity index (χ0n) is 9.72. The molecule has 0 spiro atoms. The van der Waals surface area contributed by atoms with Crippen molar-refractivity contribution in [2.24, 2.45) is 11.7 Å². The molecule has 2 aliphatic heterocycles. The maximum atomic E-state index is 6.26. The molecule has 4 heteroatoms. The van der Waals surface area contributed by atoms with Crippen molar-refractivity contribution in [3.63, 3.8) is 0 Å². The van der Waals surface area contributed by atoms with Crippen LogP contribution in [0.2, 0.25) is 0 Å². The van der Waals surface area contributed by atoms with Crippen LogP contribution in [0.4, 0.5) is 0 Å². The summed E-state index contributed by atoms with van der Waals surface area (Å²) < 4.78 is 16.4. The third-order valence-corrected chi connectivity index (χ3v) is 3.42. The highest BCUT2D eigenvalue weighted by Crippen LogP contribution is 2.35. The largest absolute Gasteiger partial charge is 0.486 e. The summed E-state index contributed by atoms with van der Waals surface area (Å²) >= 11 is 0. The third kappa shape index (κ3) is 2.10. The number of ether oxygens (including phenoxy) is 3. The highest BCUT2D eigenvalue weighted by Gasteiger charge is 2.25. The molecule has 17 heavy (non-hydrogen) atoms. The molecule has 3 rings (SSSR count). The zero-order valence-corrected chi connectivity index (χ0v) is 9.72. The van der Waals surface area contributed by atoms with Crippen LogP contribution in [0.1, 0.15) is 18.0 Å². The standard InChI is InChI=1S/C13H17NO3/c14-13(10-3-4-15-8-10)9-1-2-11-12(7-9)17-6-5-16-11/h1-2,7,10,13H,3-6,8,14H2. The van der Waals surface area contributed by atoms with E-state index in [1.807, 2.05) is 18.2 Å². The van der Waals surface area contributed by atoms with Crippen LogP contribution in [0.5, 0.6) is 11.5 Å². The predicted molar refractivity (Wildman–Crippen MR) is 63.3 cm³/mol. The van der Waals surface area contributed by atoms with E-state index >= 15 is 0 Å². The maximum Gasteiger partial charge on any atom is 0.161 e. The molecule has 4 nitrogen and oxygen atoms in total. The van der Waals surface area contributed by atoms with Gasteiger partial charge in [-0.1, -0.05) is 6.07 Å². The van der Waals surface area contributed by atoms with Crippen molar-refractivity contribution in [1.82, 2.24) is 0 Å². The van der Waals surface area contributed by atoms with Crippen LogP contribution in [-0.4, -0.2) is 26.4 Å². The summed E-state index contributed by atoms with van der Waals surface area (Å²) in [6.45, 7) is 2.81. The molecular weight excluding hydrogens is 218 g/mol. The lowest BCUT2D eigenvalue weighted by molar-refractivity contribution is 0.170. The Balaban J connectivity index is 1.82. The third-order valence-electron chi connectivity index (χ3n) is 3.42. The second kappa shape index (κ2) is 4.55. The van der Waals surface area contributed by atoms with Crippen molar-refractivity contribution in [2.45, 2.75) is 12.5 Å². The van der Waals surface area contributed by atoms with E-state index in [2.05, 4.69) is 0 Å². The Morgan fingerprint density at radius 1 is 1.12 bits per heavy atom. The second-order valence-corrected chi connectivity index (χ2v) is 4.55. The topological polar surface area (TPSA) is 53.7 Å². The number of fused-ring (bicyclic) bond motifs is 1. The second-order valence-electron chi connectivity index (χ2n) is 4.55. The fourth-order valence-electron chi connectivity index (χ4n) is 2.38. The first-order valence-electron chi connectivity index (χ1n) is 6.07.